The summed E-state index contributed by atoms with van der Waals surface area (Å²) >= 11 is 13.6. The van der Waals surface area contributed by atoms with Gasteiger partial charge in [-0.1, -0.05) is 23.2 Å². The van der Waals surface area contributed by atoms with E-state index in [1.54, 1.807) is 18.2 Å². The molecule has 1 aromatic rings. The molecule has 0 aromatic heterocycles. The van der Waals surface area contributed by atoms with Crippen molar-refractivity contribution < 1.29 is 4.79 Å². The average molecular weight is 384 g/mol. The van der Waals surface area contributed by atoms with Gasteiger partial charge in [-0.15, -0.1) is 24.2 Å². The van der Waals surface area contributed by atoms with Crippen molar-refractivity contribution in [3.8, 4) is 0 Å². The summed E-state index contributed by atoms with van der Waals surface area (Å²) in [5.41, 5.74) is 5.72. The molecule has 3 unspecified atom stereocenters. The summed E-state index contributed by atoms with van der Waals surface area (Å²) in [6.07, 6.45) is 0.984. The molecule has 2 N–H and O–H groups in total. The predicted octanol–water partition coefficient (Wildman–Crippen LogP) is 4.09. The van der Waals surface area contributed by atoms with Gasteiger partial charge in [0.1, 0.15) is 0 Å². The third kappa shape index (κ3) is 4.68. The molecule has 1 aliphatic heterocycles. The maximum atomic E-state index is 12.6. The molecule has 1 aliphatic rings. The van der Waals surface area contributed by atoms with Crippen LogP contribution in [-0.4, -0.2) is 35.2 Å². The molecule has 2 rings (SSSR count). The molecule has 3 nitrogen and oxygen atoms in total. The second-order valence-electron chi connectivity index (χ2n) is 5.51. The molecule has 1 aromatic carbocycles. The Hall–Kier alpha value is -0.130. The van der Waals surface area contributed by atoms with E-state index in [1.165, 1.54) is 11.8 Å². The van der Waals surface area contributed by atoms with Gasteiger partial charge in [-0.3, -0.25) is 4.79 Å². The first kappa shape index (κ1) is 19.9. The largest absolute Gasteiger partial charge is 0.339 e. The second kappa shape index (κ2) is 8.65. The summed E-state index contributed by atoms with van der Waals surface area (Å²) in [5.74, 6) is 0.551. The van der Waals surface area contributed by atoms with Crippen LogP contribution >= 0.6 is 47.4 Å². The van der Waals surface area contributed by atoms with Gasteiger partial charge in [-0.2, -0.15) is 0 Å². The quantitative estimate of drug-likeness (QED) is 0.796. The smallest absolute Gasteiger partial charge is 0.236 e. The van der Waals surface area contributed by atoms with Crippen LogP contribution in [0.4, 0.5) is 0 Å². The fourth-order valence-electron chi connectivity index (χ4n) is 2.66. The zero-order chi connectivity index (χ0) is 15.6. The van der Waals surface area contributed by atoms with Crippen LogP contribution in [0, 0.1) is 5.92 Å². The minimum Gasteiger partial charge on any atom is -0.339 e. The van der Waals surface area contributed by atoms with E-state index >= 15 is 0 Å². The van der Waals surface area contributed by atoms with Crippen LogP contribution in [0.5, 0.6) is 0 Å². The van der Waals surface area contributed by atoms with Crippen molar-refractivity contribution in [2.24, 2.45) is 11.7 Å². The van der Waals surface area contributed by atoms with E-state index in [4.69, 9.17) is 28.9 Å². The maximum Gasteiger partial charge on any atom is 0.236 e. The Bertz CT molecular complexity index is 530. The molecule has 0 bridgehead atoms. The van der Waals surface area contributed by atoms with E-state index in [0.29, 0.717) is 22.5 Å². The fraction of sp³-hybridized carbons (Fsp3) is 0.533. The van der Waals surface area contributed by atoms with Gasteiger partial charge in [0.15, 0.2) is 0 Å². The fourth-order valence-corrected chi connectivity index (χ4v) is 4.14. The van der Waals surface area contributed by atoms with Gasteiger partial charge >= 0.3 is 0 Å². The van der Waals surface area contributed by atoms with Crippen LogP contribution in [0.1, 0.15) is 20.3 Å². The van der Waals surface area contributed by atoms with Crippen LogP contribution in [-0.2, 0) is 4.79 Å². The van der Waals surface area contributed by atoms with Crippen molar-refractivity contribution in [1.82, 2.24) is 4.90 Å². The number of likely N-dealkylation sites (tertiary alicyclic amines) is 1. The standard InChI is InChI=1S/C15H20Cl2N2OS.ClH/c1-9-5-11(7-18)8-19(9)15(20)10(2)21-14-6-12(16)3-4-13(14)17;/h3-4,6,9-11H,5,7-8,18H2,1-2H3;1H. The summed E-state index contributed by atoms with van der Waals surface area (Å²) in [6.45, 7) is 5.38. The Balaban J connectivity index is 0.00000242. The molecule has 1 saturated heterocycles. The van der Waals surface area contributed by atoms with Crippen LogP contribution in [0.2, 0.25) is 10.0 Å². The number of hydrogen-bond acceptors (Lipinski definition) is 3. The Kier molecular flexibility index (Phi) is 7.83. The maximum absolute atomic E-state index is 12.6. The Morgan fingerprint density at radius 2 is 2.18 bits per heavy atom. The monoisotopic (exact) mass is 382 g/mol. The molecular weight excluding hydrogens is 363 g/mol. The van der Waals surface area contributed by atoms with Crippen molar-refractivity contribution in [3.63, 3.8) is 0 Å². The van der Waals surface area contributed by atoms with Gasteiger partial charge in [-0.25, -0.2) is 0 Å². The number of carbonyl (C=O) groups excluding carboxylic acids is 1. The summed E-state index contributed by atoms with van der Waals surface area (Å²) < 4.78 is 0. The molecule has 1 amide bonds. The van der Waals surface area contributed by atoms with Crippen molar-refractivity contribution >= 4 is 53.3 Å². The highest BCUT2D eigenvalue weighted by Crippen LogP contribution is 2.34. The number of hydrogen-bond donors (Lipinski definition) is 1. The molecule has 1 heterocycles. The number of halogens is 3. The minimum absolute atomic E-state index is 0. The zero-order valence-corrected chi connectivity index (χ0v) is 15.7. The lowest BCUT2D eigenvalue weighted by Gasteiger charge is -2.25. The Labute approximate surface area is 152 Å². The second-order valence-corrected chi connectivity index (χ2v) is 7.74. The highest BCUT2D eigenvalue weighted by molar-refractivity contribution is 8.00. The molecule has 7 heteroatoms. The number of amides is 1. The normalized spacial score (nSPS) is 22.3. The number of thioether (sulfide) groups is 1. The summed E-state index contributed by atoms with van der Waals surface area (Å²) in [5, 5.41) is 1.05. The highest BCUT2D eigenvalue weighted by Gasteiger charge is 2.34. The number of rotatable bonds is 4. The third-order valence-electron chi connectivity index (χ3n) is 3.82. The third-order valence-corrected chi connectivity index (χ3v) is 5.65. The summed E-state index contributed by atoms with van der Waals surface area (Å²) in [7, 11) is 0. The molecule has 0 saturated carbocycles. The van der Waals surface area contributed by atoms with E-state index in [2.05, 4.69) is 6.92 Å². The molecular formula is C15H21Cl3N2OS. The van der Waals surface area contributed by atoms with Gasteiger partial charge in [0, 0.05) is 22.5 Å². The van der Waals surface area contributed by atoms with Gasteiger partial charge in [0.2, 0.25) is 5.91 Å². The first-order valence-electron chi connectivity index (χ1n) is 7.04. The van der Waals surface area contributed by atoms with Crippen LogP contribution in [0.3, 0.4) is 0 Å². The molecule has 1 fully saturated rings. The molecule has 0 aliphatic carbocycles. The topological polar surface area (TPSA) is 46.3 Å². The minimum atomic E-state index is -0.194. The van der Waals surface area contributed by atoms with Gasteiger partial charge in [0.05, 0.1) is 10.3 Å². The molecule has 124 valence electrons. The van der Waals surface area contributed by atoms with E-state index < -0.39 is 0 Å². The van der Waals surface area contributed by atoms with Gasteiger partial charge in [0.25, 0.3) is 0 Å². The number of benzene rings is 1. The van der Waals surface area contributed by atoms with Crippen molar-refractivity contribution in [2.75, 3.05) is 13.1 Å². The SMILES string of the molecule is CC(Sc1cc(Cl)ccc1Cl)C(=O)N1CC(CN)CC1C.Cl. The van der Waals surface area contributed by atoms with E-state index in [-0.39, 0.29) is 29.6 Å². The predicted molar refractivity (Wildman–Crippen MR) is 97.4 cm³/mol. The lowest BCUT2D eigenvalue weighted by atomic mass is 10.1. The van der Waals surface area contributed by atoms with E-state index in [0.717, 1.165) is 17.9 Å². The average Bonchev–Trinajstić information content (AvgIpc) is 2.83. The van der Waals surface area contributed by atoms with Crippen molar-refractivity contribution in [3.05, 3.63) is 28.2 Å². The first-order valence-corrected chi connectivity index (χ1v) is 8.68. The highest BCUT2D eigenvalue weighted by atomic mass is 35.5. The van der Waals surface area contributed by atoms with E-state index in [1.807, 2.05) is 11.8 Å². The Morgan fingerprint density at radius 3 is 2.77 bits per heavy atom. The number of nitrogens with two attached hydrogens (primary N) is 1. The number of carbonyl (C=O) groups is 1. The number of nitrogens with zero attached hydrogens (tertiary/aromatic N) is 1. The van der Waals surface area contributed by atoms with Crippen LogP contribution in [0.15, 0.2) is 23.1 Å². The summed E-state index contributed by atoms with van der Waals surface area (Å²) in [4.78, 5) is 15.4. The Morgan fingerprint density at radius 1 is 1.50 bits per heavy atom. The molecule has 3 atom stereocenters. The van der Waals surface area contributed by atoms with Crippen LogP contribution < -0.4 is 5.73 Å². The van der Waals surface area contributed by atoms with Gasteiger partial charge in [-0.05, 0) is 50.9 Å². The van der Waals surface area contributed by atoms with Crippen molar-refractivity contribution in [1.29, 1.82) is 0 Å². The first-order chi connectivity index (χ1) is 9.92. The lowest BCUT2D eigenvalue weighted by Crippen LogP contribution is -2.39. The van der Waals surface area contributed by atoms with Crippen molar-refractivity contribution in [2.45, 2.75) is 36.5 Å². The lowest BCUT2D eigenvalue weighted by molar-refractivity contribution is -0.130. The van der Waals surface area contributed by atoms with Gasteiger partial charge < -0.3 is 10.6 Å². The van der Waals surface area contributed by atoms with E-state index in [9.17, 15) is 4.79 Å². The zero-order valence-electron chi connectivity index (χ0n) is 12.6. The molecule has 0 radical (unpaired) electrons. The molecule has 22 heavy (non-hydrogen) atoms. The van der Waals surface area contributed by atoms with Crippen LogP contribution in [0.25, 0.3) is 0 Å². The summed E-state index contributed by atoms with van der Waals surface area (Å²) in [6, 6.07) is 5.55. The molecule has 0 spiro atoms.